The molecule has 1 N–H and O–H groups in total. The molecule has 0 radical (unpaired) electrons. The van der Waals surface area contributed by atoms with Crippen LogP contribution in [0, 0.1) is 6.92 Å². The molecule has 0 aliphatic heterocycles. The Morgan fingerprint density at radius 3 is 2.37 bits per heavy atom. The number of carbonyl (C=O) groups is 2. The van der Waals surface area contributed by atoms with Crippen LogP contribution in [0.4, 0.5) is 0 Å². The van der Waals surface area contributed by atoms with Gasteiger partial charge in [-0.05, 0) is 51.3 Å². The minimum atomic E-state index is -0.934. The highest BCUT2D eigenvalue weighted by Crippen LogP contribution is 2.14. The summed E-state index contributed by atoms with van der Waals surface area (Å²) in [5.74, 6) is -1.18. The molecule has 0 heterocycles. The van der Waals surface area contributed by atoms with Gasteiger partial charge in [0.2, 0.25) is 0 Å². The van der Waals surface area contributed by atoms with Crippen molar-refractivity contribution >= 4 is 11.9 Å². The van der Waals surface area contributed by atoms with Gasteiger partial charge in [-0.2, -0.15) is 0 Å². The first-order chi connectivity index (χ1) is 8.69. The monoisotopic (exact) mass is 264 g/mol. The number of esters is 1. The van der Waals surface area contributed by atoms with Crippen molar-refractivity contribution in [2.45, 2.75) is 46.1 Å². The van der Waals surface area contributed by atoms with Gasteiger partial charge in [-0.15, -0.1) is 0 Å². The van der Waals surface area contributed by atoms with Crippen molar-refractivity contribution in [3.05, 3.63) is 34.9 Å². The number of carboxylic acids is 1. The van der Waals surface area contributed by atoms with Crippen LogP contribution >= 0.6 is 0 Å². The zero-order chi connectivity index (χ0) is 14.6. The van der Waals surface area contributed by atoms with Crippen molar-refractivity contribution < 1.29 is 19.4 Å². The van der Waals surface area contributed by atoms with Gasteiger partial charge in [0.05, 0.1) is 5.56 Å². The Bertz CT molecular complexity index is 483. The molecule has 0 unspecified atom stereocenters. The van der Waals surface area contributed by atoms with Crippen LogP contribution in [0.1, 0.15) is 48.7 Å². The Kier molecular flexibility index (Phi) is 4.70. The molecule has 0 saturated carbocycles. The van der Waals surface area contributed by atoms with Crippen molar-refractivity contribution in [2.24, 2.45) is 0 Å². The summed E-state index contributed by atoms with van der Waals surface area (Å²) in [6.07, 6.45) is 0.846. The lowest BCUT2D eigenvalue weighted by Gasteiger charge is -2.19. The summed E-state index contributed by atoms with van der Waals surface area (Å²) >= 11 is 0. The van der Waals surface area contributed by atoms with E-state index in [0.717, 1.165) is 5.56 Å². The van der Waals surface area contributed by atoms with Crippen LogP contribution in [0.25, 0.3) is 0 Å². The van der Waals surface area contributed by atoms with Crippen molar-refractivity contribution in [1.29, 1.82) is 0 Å². The number of ether oxygens (including phenoxy) is 1. The third-order valence-corrected chi connectivity index (χ3v) is 2.56. The fourth-order valence-electron chi connectivity index (χ4n) is 1.76. The summed E-state index contributed by atoms with van der Waals surface area (Å²) in [5.41, 5.74) is 1.46. The van der Waals surface area contributed by atoms with E-state index in [-0.39, 0.29) is 5.97 Å². The maximum Gasteiger partial charge on any atom is 0.335 e. The molecule has 0 aromatic heterocycles. The third kappa shape index (κ3) is 5.12. The van der Waals surface area contributed by atoms with Gasteiger partial charge in [-0.1, -0.05) is 12.1 Å². The average Bonchev–Trinajstić information content (AvgIpc) is 2.23. The van der Waals surface area contributed by atoms with Gasteiger partial charge in [-0.25, -0.2) is 4.79 Å². The van der Waals surface area contributed by atoms with E-state index in [0.29, 0.717) is 24.0 Å². The quantitative estimate of drug-likeness (QED) is 0.849. The number of aryl methyl sites for hydroxylation is 2. The van der Waals surface area contributed by atoms with Gasteiger partial charge >= 0.3 is 11.9 Å². The molecule has 0 fully saturated rings. The molecule has 0 aliphatic rings. The fourth-order valence-corrected chi connectivity index (χ4v) is 1.76. The van der Waals surface area contributed by atoms with Crippen LogP contribution in [0.5, 0.6) is 0 Å². The van der Waals surface area contributed by atoms with E-state index >= 15 is 0 Å². The van der Waals surface area contributed by atoms with Gasteiger partial charge in [0.25, 0.3) is 0 Å². The maximum absolute atomic E-state index is 11.6. The first kappa shape index (κ1) is 15.2. The molecule has 0 aliphatic carbocycles. The number of carboxylic acid groups (broad SMARTS) is 1. The van der Waals surface area contributed by atoms with Gasteiger partial charge in [0, 0.05) is 6.42 Å². The molecule has 0 amide bonds. The number of benzene rings is 1. The Hall–Kier alpha value is -1.84. The molecule has 104 valence electrons. The maximum atomic E-state index is 11.6. The average molecular weight is 264 g/mol. The minimum Gasteiger partial charge on any atom is -0.478 e. The minimum absolute atomic E-state index is 0.243. The Balaban J connectivity index is 2.62. The Morgan fingerprint density at radius 1 is 1.26 bits per heavy atom. The fraction of sp³-hybridized carbons (Fsp3) is 0.467. The molecule has 1 aromatic rings. The van der Waals surface area contributed by atoms with E-state index < -0.39 is 11.6 Å². The molecular formula is C15H20O4. The van der Waals surface area contributed by atoms with Crippen molar-refractivity contribution in [3.8, 4) is 0 Å². The topological polar surface area (TPSA) is 63.6 Å². The molecule has 1 aromatic carbocycles. The van der Waals surface area contributed by atoms with Crippen LogP contribution in [0.3, 0.4) is 0 Å². The van der Waals surface area contributed by atoms with Gasteiger partial charge in [-0.3, -0.25) is 4.79 Å². The van der Waals surface area contributed by atoms with E-state index in [1.807, 2.05) is 20.8 Å². The summed E-state index contributed by atoms with van der Waals surface area (Å²) in [5, 5.41) is 8.93. The Labute approximate surface area is 113 Å². The summed E-state index contributed by atoms with van der Waals surface area (Å²) in [6.45, 7) is 7.24. The molecule has 19 heavy (non-hydrogen) atoms. The highest BCUT2D eigenvalue weighted by atomic mass is 16.6. The van der Waals surface area contributed by atoms with Crippen molar-refractivity contribution in [2.75, 3.05) is 0 Å². The SMILES string of the molecule is Cc1cc(CCC(=O)OC(C)(C)C)ccc1C(=O)O. The molecule has 0 atom stereocenters. The predicted molar refractivity (Wildman–Crippen MR) is 72.3 cm³/mol. The summed E-state index contributed by atoms with van der Waals surface area (Å²) in [4.78, 5) is 22.5. The van der Waals surface area contributed by atoms with Crippen molar-refractivity contribution in [3.63, 3.8) is 0 Å². The lowest BCUT2D eigenvalue weighted by atomic mass is 10.0. The smallest absolute Gasteiger partial charge is 0.335 e. The zero-order valence-corrected chi connectivity index (χ0v) is 11.8. The number of hydrogen-bond donors (Lipinski definition) is 1. The third-order valence-electron chi connectivity index (χ3n) is 2.56. The van der Waals surface area contributed by atoms with Gasteiger partial charge < -0.3 is 9.84 Å². The largest absolute Gasteiger partial charge is 0.478 e. The van der Waals surface area contributed by atoms with E-state index in [1.54, 1.807) is 25.1 Å². The van der Waals surface area contributed by atoms with Crippen LogP contribution in [-0.4, -0.2) is 22.6 Å². The summed E-state index contributed by atoms with van der Waals surface area (Å²) in [7, 11) is 0. The number of hydrogen-bond acceptors (Lipinski definition) is 3. The molecule has 4 nitrogen and oxygen atoms in total. The van der Waals surface area contributed by atoms with Gasteiger partial charge in [0.15, 0.2) is 0 Å². The van der Waals surface area contributed by atoms with Crippen LogP contribution in [0.2, 0.25) is 0 Å². The van der Waals surface area contributed by atoms with Crippen LogP contribution < -0.4 is 0 Å². The van der Waals surface area contributed by atoms with E-state index in [2.05, 4.69) is 0 Å². The molecular weight excluding hydrogens is 244 g/mol. The molecule has 4 heteroatoms. The second kappa shape index (κ2) is 5.87. The van der Waals surface area contributed by atoms with E-state index in [1.165, 1.54) is 0 Å². The number of aromatic carboxylic acids is 1. The standard InChI is InChI=1S/C15H20O4/c1-10-9-11(5-7-12(10)14(17)18)6-8-13(16)19-15(2,3)4/h5,7,9H,6,8H2,1-4H3,(H,17,18). The predicted octanol–water partition coefficient (Wildman–Crippen LogP) is 2.97. The highest BCUT2D eigenvalue weighted by molar-refractivity contribution is 5.89. The van der Waals surface area contributed by atoms with Crippen LogP contribution in [0.15, 0.2) is 18.2 Å². The number of carbonyl (C=O) groups excluding carboxylic acids is 1. The number of rotatable bonds is 4. The molecule has 1 rings (SSSR count). The van der Waals surface area contributed by atoms with E-state index in [4.69, 9.17) is 9.84 Å². The second-order valence-electron chi connectivity index (χ2n) is 5.54. The first-order valence-corrected chi connectivity index (χ1v) is 6.24. The molecule has 0 saturated heterocycles. The second-order valence-corrected chi connectivity index (χ2v) is 5.54. The molecule has 0 spiro atoms. The lowest BCUT2D eigenvalue weighted by molar-refractivity contribution is -0.154. The summed E-state index contributed by atoms with van der Waals surface area (Å²) < 4.78 is 5.22. The Morgan fingerprint density at radius 2 is 1.89 bits per heavy atom. The van der Waals surface area contributed by atoms with E-state index in [9.17, 15) is 9.59 Å². The van der Waals surface area contributed by atoms with Crippen molar-refractivity contribution in [1.82, 2.24) is 0 Å². The zero-order valence-electron chi connectivity index (χ0n) is 11.8. The summed E-state index contributed by atoms with van der Waals surface area (Å²) in [6, 6.07) is 5.11. The first-order valence-electron chi connectivity index (χ1n) is 6.24. The normalized spacial score (nSPS) is 11.2. The molecule has 0 bridgehead atoms. The lowest BCUT2D eigenvalue weighted by Crippen LogP contribution is -2.24. The van der Waals surface area contributed by atoms with Crippen LogP contribution in [-0.2, 0) is 16.0 Å². The van der Waals surface area contributed by atoms with Gasteiger partial charge in [0.1, 0.15) is 5.60 Å². The highest BCUT2D eigenvalue weighted by Gasteiger charge is 2.16.